The van der Waals surface area contributed by atoms with Crippen molar-refractivity contribution >= 4 is 0 Å². The first-order valence-electron chi connectivity index (χ1n) is 20.4. The molecule has 14 atom stereocenters. The van der Waals surface area contributed by atoms with Gasteiger partial charge in [0.05, 0.1) is 6.61 Å². The summed E-state index contributed by atoms with van der Waals surface area (Å²) in [6, 6.07) is 0. The van der Waals surface area contributed by atoms with Crippen molar-refractivity contribution in [2.24, 2.45) is 41.4 Å². The predicted octanol–water partition coefficient (Wildman–Crippen LogP) is 8.70. The first-order valence-corrected chi connectivity index (χ1v) is 20.4. The zero-order valence-corrected chi connectivity index (χ0v) is 32.7. The molecule has 8 aliphatic heterocycles. The van der Waals surface area contributed by atoms with Crippen LogP contribution in [0.4, 0.5) is 26.3 Å². The van der Waals surface area contributed by atoms with Crippen LogP contribution >= 0.6 is 0 Å². The standard InChI is InChI=1S/C39H57F6NO9/c1-22-11-13-28-24(3)37(39(43,44)45,51-32-35(28)26(22)15-18-34(5,50-32)53-54-35)47-20-10-8-7-9-19-46(6)21-25-29-14-12-23(2)27-16-17-33(4)49-31(36(27,29)55-52-33)48-30(25)38(40,41)42/h22-24,26-29,31-32H,7-21H2,1-6H3/t22-,23-,24-,26+,27+,28+,29+,31-,32+,33+,34+,35-,36-,37-/m1/s1. The molecular weight excluding hydrogens is 740 g/mol. The van der Waals surface area contributed by atoms with Gasteiger partial charge in [0, 0.05) is 43.1 Å². The van der Waals surface area contributed by atoms with Gasteiger partial charge in [0.2, 0.25) is 23.6 Å². The van der Waals surface area contributed by atoms with Gasteiger partial charge in [0.15, 0.2) is 17.5 Å². The molecule has 0 aromatic carbocycles. The molecule has 0 amide bonds. The van der Waals surface area contributed by atoms with Crippen molar-refractivity contribution in [3.8, 4) is 0 Å². The fraction of sp³-hybridized carbons (Fsp3) is 0.949. The van der Waals surface area contributed by atoms with Gasteiger partial charge in [0.25, 0.3) is 5.79 Å². The lowest BCUT2D eigenvalue weighted by Gasteiger charge is -2.62. The Morgan fingerprint density at radius 1 is 0.691 bits per heavy atom. The Balaban J connectivity index is 0.891. The highest BCUT2D eigenvalue weighted by Crippen LogP contribution is 2.65. The molecule has 8 heterocycles. The lowest BCUT2D eigenvalue weighted by Crippen LogP contribution is -2.76. The number of halogens is 6. The third kappa shape index (κ3) is 6.40. The monoisotopic (exact) mass is 797 g/mol. The van der Waals surface area contributed by atoms with Crippen LogP contribution < -0.4 is 0 Å². The van der Waals surface area contributed by atoms with E-state index >= 15 is 13.2 Å². The summed E-state index contributed by atoms with van der Waals surface area (Å²) in [6.07, 6.45) is -5.08. The summed E-state index contributed by atoms with van der Waals surface area (Å²) < 4.78 is 119. The Morgan fingerprint density at radius 3 is 1.95 bits per heavy atom. The van der Waals surface area contributed by atoms with Crippen LogP contribution in [0.3, 0.4) is 0 Å². The minimum absolute atomic E-state index is 0.0154. The molecule has 2 spiro atoms. The van der Waals surface area contributed by atoms with Gasteiger partial charge in [-0.15, -0.1) is 0 Å². The van der Waals surface area contributed by atoms with Gasteiger partial charge < -0.3 is 28.6 Å². The van der Waals surface area contributed by atoms with Crippen molar-refractivity contribution in [3.63, 3.8) is 0 Å². The van der Waals surface area contributed by atoms with Gasteiger partial charge in [-0.3, -0.25) is 0 Å². The van der Waals surface area contributed by atoms with Gasteiger partial charge in [-0.05, 0) is 102 Å². The van der Waals surface area contributed by atoms with Gasteiger partial charge in [0.1, 0.15) is 0 Å². The number of rotatable bonds is 10. The predicted molar refractivity (Wildman–Crippen MR) is 181 cm³/mol. The SMILES string of the molecule is C[C@@H]1CC[C@H]2[C@@H](C)[C@](OCCCCCCN(C)CC3=C(C(F)(F)F)O[C@@H]4O[C@]5(C)CC[C@H]6[C@H](C)CC[C@@H]3[C@@]46OO5)(C(F)(F)F)O[C@@H]3O[C@]4(C)CC[C@@H]1[C@]32OO4. The van der Waals surface area contributed by atoms with Crippen molar-refractivity contribution in [2.45, 2.75) is 165 Å². The summed E-state index contributed by atoms with van der Waals surface area (Å²) >= 11 is 0. The van der Waals surface area contributed by atoms with Crippen LogP contribution in [0.1, 0.15) is 112 Å². The van der Waals surface area contributed by atoms with Crippen LogP contribution in [0, 0.1) is 41.4 Å². The fourth-order valence-electron chi connectivity index (χ4n) is 11.8. The molecule has 2 aliphatic carbocycles. The van der Waals surface area contributed by atoms with Crippen LogP contribution in [0.25, 0.3) is 0 Å². The quantitative estimate of drug-likeness (QED) is 0.122. The number of ether oxygens (including phenoxy) is 5. The van der Waals surface area contributed by atoms with E-state index in [4.69, 9.17) is 43.2 Å². The van der Waals surface area contributed by atoms with E-state index < -0.39 is 77.0 Å². The largest absolute Gasteiger partial charge is 0.456 e. The molecule has 7 saturated heterocycles. The Morgan fingerprint density at radius 2 is 1.29 bits per heavy atom. The molecular formula is C39H57F6NO9. The van der Waals surface area contributed by atoms with Crippen molar-refractivity contribution in [1.29, 1.82) is 0 Å². The van der Waals surface area contributed by atoms with E-state index in [-0.39, 0.29) is 42.4 Å². The maximum Gasteiger partial charge on any atom is 0.449 e. The summed E-state index contributed by atoms with van der Waals surface area (Å²) in [5.74, 6) is -8.33. The highest BCUT2D eigenvalue weighted by Gasteiger charge is 2.77. The molecule has 0 unspecified atom stereocenters. The highest BCUT2D eigenvalue weighted by molar-refractivity contribution is 5.29. The van der Waals surface area contributed by atoms with E-state index in [1.807, 2.05) is 4.90 Å². The third-order valence-electron chi connectivity index (χ3n) is 14.8. The molecule has 0 radical (unpaired) electrons. The van der Waals surface area contributed by atoms with Crippen LogP contribution in [0.15, 0.2) is 11.3 Å². The molecule has 10 aliphatic rings. The molecule has 4 bridgehead atoms. The van der Waals surface area contributed by atoms with Crippen LogP contribution in [0.2, 0.25) is 0 Å². The number of fused-ring (bicyclic) bond motifs is 4. The molecule has 0 aromatic heterocycles. The third-order valence-corrected chi connectivity index (χ3v) is 14.8. The van der Waals surface area contributed by atoms with E-state index in [9.17, 15) is 13.2 Å². The lowest BCUT2D eigenvalue weighted by molar-refractivity contribution is -0.598. The Hall–Kier alpha value is -1.24. The molecule has 2 saturated carbocycles. The van der Waals surface area contributed by atoms with Crippen molar-refractivity contribution in [1.82, 2.24) is 4.90 Å². The number of nitrogens with zero attached hydrogens (tertiary/aromatic N) is 1. The van der Waals surface area contributed by atoms with Gasteiger partial charge >= 0.3 is 12.4 Å². The smallest absolute Gasteiger partial charge is 0.449 e. The van der Waals surface area contributed by atoms with Crippen LogP contribution in [-0.4, -0.2) is 85.1 Å². The first kappa shape index (κ1) is 40.5. The summed E-state index contributed by atoms with van der Waals surface area (Å²) in [5.41, 5.74) is -2.19. The maximum atomic E-state index is 15.1. The van der Waals surface area contributed by atoms with E-state index in [2.05, 4.69) is 13.8 Å². The average molecular weight is 798 g/mol. The highest BCUT2D eigenvalue weighted by atomic mass is 19.4. The number of allylic oxidation sites excluding steroid dienone is 1. The molecule has 10 nitrogen and oxygen atoms in total. The fourth-order valence-corrected chi connectivity index (χ4v) is 11.8. The van der Waals surface area contributed by atoms with Gasteiger partial charge in [-0.1, -0.05) is 33.6 Å². The minimum Gasteiger partial charge on any atom is -0.456 e. The second-order valence-corrected chi connectivity index (χ2v) is 18.3. The first-order chi connectivity index (χ1) is 25.8. The zero-order chi connectivity index (χ0) is 39.4. The Kier molecular flexibility index (Phi) is 10.3. The van der Waals surface area contributed by atoms with Gasteiger partial charge in [-0.25, -0.2) is 19.6 Å². The van der Waals surface area contributed by atoms with E-state index in [1.165, 1.54) is 6.92 Å². The maximum absolute atomic E-state index is 15.1. The molecule has 314 valence electrons. The van der Waals surface area contributed by atoms with Crippen LogP contribution in [0.5, 0.6) is 0 Å². The second kappa shape index (κ2) is 13.9. The molecule has 16 heteroatoms. The molecule has 0 aromatic rings. The Labute approximate surface area is 319 Å². The summed E-state index contributed by atoms with van der Waals surface area (Å²) in [7, 11) is 1.77. The molecule has 0 N–H and O–H groups in total. The average Bonchev–Trinajstić information content (AvgIpc) is 3.48. The van der Waals surface area contributed by atoms with Crippen molar-refractivity contribution in [2.75, 3.05) is 26.7 Å². The number of alkyl halides is 6. The van der Waals surface area contributed by atoms with E-state index in [1.54, 1.807) is 20.9 Å². The zero-order valence-electron chi connectivity index (χ0n) is 32.7. The second-order valence-electron chi connectivity index (χ2n) is 18.3. The Bertz CT molecular complexity index is 1480. The molecule has 55 heavy (non-hydrogen) atoms. The number of unbranched alkanes of at least 4 members (excludes halogenated alkanes) is 3. The number of hydrogen-bond acceptors (Lipinski definition) is 10. The summed E-state index contributed by atoms with van der Waals surface area (Å²) in [5, 5.41) is 0. The van der Waals surface area contributed by atoms with Crippen molar-refractivity contribution in [3.05, 3.63) is 11.3 Å². The van der Waals surface area contributed by atoms with E-state index in [0.29, 0.717) is 70.8 Å². The van der Waals surface area contributed by atoms with Crippen LogP contribution in [-0.2, 0) is 43.2 Å². The molecule has 10 rings (SSSR count). The van der Waals surface area contributed by atoms with Gasteiger partial charge in [-0.2, -0.15) is 26.3 Å². The number of likely N-dealkylation sites (N-methyl/N-ethyl adjacent to an activating group) is 1. The minimum atomic E-state index is -4.84. The number of hydrogen-bond donors (Lipinski definition) is 0. The normalized spacial score (nSPS) is 47.9. The summed E-state index contributed by atoms with van der Waals surface area (Å²) in [6.45, 7) is 9.38. The van der Waals surface area contributed by atoms with E-state index in [0.717, 1.165) is 12.8 Å². The van der Waals surface area contributed by atoms with Crippen molar-refractivity contribution < 1.29 is 69.6 Å². The molecule has 9 fully saturated rings. The lowest BCUT2D eigenvalue weighted by atomic mass is 9.57. The summed E-state index contributed by atoms with van der Waals surface area (Å²) in [4.78, 5) is 25.5. The topological polar surface area (TPSA) is 86.3 Å².